The van der Waals surface area contributed by atoms with Gasteiger partial charge in [-0.3, -0.25) is 0 Å². The Bertz CT molecular complexity index is 1090. The summed E-state index contributed by atoms with van der Waals surface area (Å²) in [5.74, 6) is 0.451. The van der Waals surface area contributed by atoms with E-state index in [1.165, 1.54) is 19.2 Å². The SMILES string of the molecule is COc1cc(/C=C(/C#N)c2cccc(F)c2)cc(Cl)c1OCc1ccc(Br)cc1. The van der Waals surface area contributed by atoms with Gasteiger partial charge in [-0.1, -0.05) is 51.8 Å². The van der Waals surface area contributed by atoms with Crippen molar-refractivity contribution in [2.75, 3.05) is 7.11 Å². The van der Waals surface area contributed by atoms with Crippen LogP contribution >= 0.6 is 27.5 Å². The van der Waals surface area contributed by atoms with E-state index in [9.17, 15) is 9.65 Å². The number of allylic oxidation sites excluding steroid dienone is 1. The topological polar surface area (TPSA) is 42.2 Å². The number of nitrogens with zero attached hydrogens (tertiary/aromatic N) is 1. The van der Waals surface area contributed by atoms with E-state index in [0.29, 0.717) is 39.8 Å². The molecule has 29 heavy (non-hydrogen) atoms. The highest BCUT2D eigenvalue weighted by molar-refractivity contribution is 9.10. The normalized spacial score (nSPS) is 11.1. The van der Waals surface area contributed by atoms with E-state index < -0.39 is 5.82 Å². The number of methoxy groups -OCH3 is 1. The van der Waals surface area contributed by atoms with E-state index in [1.807, 2.05) is 24.3 Å². The molecule has 6 heteroatoms. The molecule has 0 saturated carbocycles. The molecule has 146 valence electrons. The Morgan fingerprint density at radius 2 is 1.93 bits per heavy atom. The number of nitriles is 1. The van der Waals surface area contributed by atoms with E-state index >= 15 is 0 Å². The van der Waals surface area contributed by atoms with Crippen LogP contribution in [-0.4, -0.2) is 7.11 Å². The number of rotatable bonds is 6. The lowest BCUT2D eigenvalue weighted by atomic mass is 10.0. The molecule has 0 atom stereocenters. The lowest BCUT2D eigenvalue weighted by Gasteiger charge is -2.14. The molecular weight excluding hydrogens is 457 g/mol. The summed E-state index contributed by atoms with van der Waals surface area (Å²) in [5.41, 5.74) is 2.42. The monoisotopic (exact) mass is 471 g/mol. The van der Waals surface area contributed by atoms with E-state index in [0.717, 1.165) is 10.0 Å². The van der Waals surface area contributed by atoms with Crippen LogP contribution in [0.4, 0.5) is 4.39 Å². The maximum atomic E-state index is 13.5. The van der Waals surface area contributed by atoms with Crippen LogP contribution in [0.15, 0.2) is 65.1 Å². The highest BCUT2D eigenvalue weighted by atomic mass is 79.9. The van der Waals surface area contributed by atoms with Gasteiger partial charge in [0.15, 0.2) is 11.5 Å². The predicted octanol–water partition coefficient (Wildman–Crippen LogP) is 6.89. The van der Waals surface area contributed by atoms with Crippen LogP contribution < -0.4 is 9.47 Å². The van der Waals surface area contributed by atoms with Crippen LogP contribution in [0, 0.1) is 17.1 Å². The van der Waals surface area contributed by atoms with Crippen molar-refractivity contribution in [3.8, 4) is 17.6 Å². The zero-order valence-corrected chi connectivity index (χ0v) is 17.8. The predicted molar refractivity (Wildman–Crippen MR) is 116 cm³/mol. The number of ether oxygens (including phenoxy) is 2. The molecular formula is C23H16BrClFNO2. The third-order valence-electron chi connectivity index (χ3n) is 4.12. The highest BCUT2D eigenvalue weighted by Crippen LogP contribution is 2.38. The largest absolute Gasteiger partial charge is 0.493 e. The van der Waals surface area contributed by atoms with Crippen molar-refractivity contribution in [3.63, 3.8) is 0 Å². The summed E-state index contributed by atoms with van der Waals surface area (Å²) in [6, 6.07) is 19.1. The number of hydrogen-bond acceptors (Lipinski definition) is 3. The fourth-order valence-corrected chi connectivity index (χ4v) is 3.24. The molecule has 0 aliphatic carbocycles. The van der Waals surface area contributed by atoms with Crippen molar-refractivity contribution < 1.29 is 13.9 Å². The van der Waals surface area contributed by atoms with Crippen molar-refractivity contribution in [1.29, 1.82) is 5.26 Å². The van der Waals surface area contributed by atoms with Gasteiger partial charge in [0.05, 0.1) is 23.8 Å². The Hall–Kier alpha value is -2.81. The van der Waals surface area contributed by atoms with Gasteiger partial charge in [0, 0.05) is 4.47 Å². The Morgan fingerprint density at radius 3 is 2.59 bits per heavy atom. The van der Waals surface area contributed by atoms with Crippen LogP contribution in [-0.2, 0) is 6.61 Å². The molecule has 3 rings (SSSR count). The first kappa shape index (κ1) is 20.9. The standard InChI is InChI=1S/C23H16BrClFNO2/c1-28-22-11-16(9-18(13-27)17-3-2-4-20(26)12-17)10-21(25)23(22)29-14-15-5-7-19(24)8-6-15/h2-12H,14H2,1H3/b18-9-. The molecule has 0 amide bonds. The molecule has 3 nitrogen and oxygen atoms in total. The molecule has 0 aromatic heterocycles. The molecule has 0 radical (unpaired) electrons. The summed E-state index contributed by atoms with van der Waals surface area (Å²) in [6.07, 6.45) is 1.63. The fourth-order valence-electron chi connectivity index (χ4n) is 2.70. The summed E-state index contributed by atoms with van der Waals surface area (Å²) in [4.78, 5) is 0. The maximum Gasteiger partial charge on any atom is 0.180 e. The summed E-state index contributed by atoms with van der Waals surface area (Å²) >= 11 is 9.82. The fraction of sp³-hybridized carbons (Fsp3) is 0.0870. The van der Waals surface area contributed by atoms with Crippen molar-refractivity contribution in [1.82, 2.24) is 0 Å². The second-order valence-corrected chi connectivity index (χ2v) is 7.45. The van der Waals surface area contributed by atoms with Crippen molar-refractivity contribution in [2.24, 2.45) is 0 Å². The van der Waals surface area contributed by atoms with Crippen molar-refractivity contribution in [3.05, 3.63) is 92.7 Å². The Labute approximate surface area is 182 Å². The Balaban J connectivity index is 1.89. The quantitative estimate of drug-likeness (QED) is 0.290. The first-order valence-electron chi connectivity index (χ1n) is 8.62. The van der Waals surface area contributed by atoms with E-state index in [1.54, 1.807) is 30.3 Å². The number of halogens is 3. The third-order valence-corrected chi connectivity index (χ3v) is 4.92. The Morgan fingerprint density at radius 1 is 1.17 bits per heavy atom. The first-order chi connectivity index (χ1) is 14.0. The zero-order chi connectivity index (χ0) is 20.8. The molecule has 0 aliphatic rings. The lowest BCUT2D eigenvalue weighted by molar-refractivity contribution is 0.284. The van der Waals surface area contributed by atoms with Gasteiger partial charge < -0.3 is 9.47 Å². The molecule has 0 fully saturated rings. The molecule has 0 unspecified atom stereocenters. The van der Waals surface area contributed by atoms with Gasteiger partial charge in [-0.05, 0) is 59.2 Å². The lowest BCUT2D eigenvalue weighted by Crippen LogP contribution is -1.99. The minimum Gasteiger partial charge on any atom is -0.493 e. The molecule has 3 aromatic rings. The van der Waals surface area contributed by atoms with Crippen molar-refractivity contribution in [2.45, 2.75) is 6.61 Å². The Kier molecular flexibility index (Phi) is 6.92. The summed E-state index contributed by atoms with van der Waals surface area (Å²) in [5, 5.41) is 9.83. The van der Waals surface area contributed by atoms with Crippen LogP contribution in [0.3, 0.4) is 0 Å². The molecule has 0 aliphatic heterocycles. The summed E-state index contributed by atoms with van der Waals surface area (Å²) in [7, 11) is 1.52. The molecule has 0 spiro atoms. The second kappa shape index (κ2) is 9.60. The zero-order valence-electron chi connectivity index (χ0n) is 15.5. The van der Waals surface area contributed by atoms with Crippen LogP contribution in [0.5, 0.6) is 11.5 Å². The van der Waals surface area contributed by atoms with Crippen LogP contribution in [0.25, 0.3) is 11.6 Å². The van der Waals surface area contributed by atoms with E-state index in [-0.39, 0.29) is 0 Å². The molecule has 0 N–H and O–H groups in total. The van der Waals surface area contributed by atoms with Crippen LogP contribution in [0.2, 0.25) is 5.02 Å². The van der Waals surface area contributed by atoms with Gasteiger partial charge in [0.1, 0.15) is 12.4 Å². The molecule has 0 bridgehead atoms. The van der Waals surface area contributed by atoms with Gasteiger partial charge in [-0.15, -0.1) is 0 Å². The minimum absolute atomic E-state index is 0.311. The maximum absolute atomic E-state index is 13.5. The smallest absolute Gasteiger partial charge is 0.180 e. The minimum atomic E-state index is -0.407. The molecule has 3 aromatic carbocycles. The summed E-state index contributed by atoms with van der Waals surface area (Å²) in [6.45, 7) is 0.325. The average Bonchev–Trinajstić information content (AvgIpc) is 2.72. The number of benzene rings is 3. The third kappa shape index (κ3) is 5.38. The molecule has 0 saturated heterocycles. The van der Waals surface area contributed by atoms with Gasteiger partial charge in [-0.2, -0.15) is 5.26 Å². The van der Waals surface area contributed by atoms with E-state index in [4.69, 9.17) is 21.1 Å². The first-order valence-corrected chi connectivity index (χ1v) is 9.80. The van der Waals surface area contributed by atoms with Gasteiger partial charge in [0.2, 0.25) is 0 Å². The number of hydrogen-bond donors (Lipinski definition) is 0. The van der Waals surface area contributed by atoms with E-state index in [2.05, 4.69) is 22.0 Å². The van der Waals surface area contributed by atoms with Crippen LogP contribution in [0.1, 0.15) is 16.7 Å². The molecule has 0 heterocycles. The average molecular weight is 473 g/mol. The van der Waals surface area contributed by atoms with Gasteiger partial charge in [0.25, 0.3) is 0 Å². The van der Waals surface area contributed by atoms with Gasteiger partial charge >= 0.3 is 0 Å². The highest BCUT2D eigenvalue weighted by Gasteiger charge is 2.13. The van der Waals surface area contributed by atoms with Crippen molar-refractivity contribution >= 4 is 39.2 Å². The summed E-state index contributed by atoms with van der Waals surface area (Å²) < 4.78 is 25.8. The second-order valence-electron chi connectivity index (χ2n) is 6.13. The van der Waals surface area contributed by atoms with Gasteiger partial charge in [-0.25, -0.2) is 4.39 Å².